The molecule has 1 atom stereocenters. The fraction of sp³-hybridized carbons (Fsp3) is 0.417. The smallest absolute Gasteiger partial charge is 0.338 e. The van der Waals surface area contributed by atoms with Gasteiger partial charge >= 0.3 is 5.97 Å². The highest BCUT2D eigenvalue weighted by Crippen LogP contribution is 2.30. The minimum Gasteiger partial charge on any atom is -0.478 e. The van der Waals surface area contributed by atoms with Gasteiger partial charge in [-0.15, -0.1) is 0 Å². The number of hydrogen-bond donors (Lipinski definition) is 1. The molecule has 0 aromatic heterocycles. The number of hydrogen-bond acceptors (Lipinski definition) is 5. The van der Waals surface area contributed by atoms with E-state index in [0.717, 1.165) is 24.1 Å². The second-order valence-electron chi connectivity index (χ2n) is 4.38. The average Bonchev–Trinajstić information content (AvgIpc) is 2.38. The van der Waals surface area contributed by atoms with E-state index >= 15 is 0 Å². The summed E-state index contributed by atoms with van der Waals surface area (Å²) in [5.41, 5.74) is 0.360. The normalized spacial score (nSPS) is 19.2. The molecule has 1 aromatic rings. The number of carboxylic acid groups (broad SMARTS) is 1. The van der Waals surface area contributed by atoms with E-state index in [1.165, 1.54) is 12.1 Å². The average molecular weight is 282 g/mol. The zero-order chi connectivity index (χ0) is 14.0. The molecule has 0 spiro atoms. The van der Waals surface area contributed by atoms with Gasteiger partial charge in [-0.05, 0) is 13.0 Å². The Labute approximate surface area is 114 Å². The van der Waals surface area contributed by atoms with E-state index in [-0.39, 0.29) is 17.3 Å². The van der Waals surface area contributed by atoms with Crippen LogP contribution in [0.4, 0.5) is 11.4 Å². The third kappa shape index (κ3) is 2.81. The maximum absolute atomic E-state index is 11.3. The van der Waals surface area contributed by atoms with Crippen LogP contribution in [0.2, 0.25) is 0 Å². The van der Waals surface area contributed by atoms with Crippen molar-refractivity contribution in [2.45, 2.75) is 13.0 Å². The lowest BCUT2D eigenvalue weighted by Crippen LogP contribution is -2.41. The maximum Gasteiger partial charge on any atom is 0.338 e. The summed E-state index contributed by atoms with van der Waals surface area (Å²) in [7, 11) is 0. The predicted molar refractivity (Wildman–Crippen MR) is 74.2 cm³/mol. The Balaban J connectivity index is 2.44. The molecule has 1 N–H and O–H groups in total. The van der Waals surface area contributed by atoms with E-state index in [0.29, 0.717) is 5.69 Å². The number of benzene rings is 1. The number of thioether (sulfide) groups is 1. The Morgan fingerprint density at radius 2 is 2.32 bits per heavy atom. The number of anilines is 1. The van der Waals surface area contributed by atoms with Gasteiger partial charge in [0.1, 0.15) is 0 Å². The van der Waals surface area contributed by atoms with Gasteiger partial charge in [-0.25, -0.2) is 4.79 Å². The first-order valence-corrected chi connectivity index (χ1v) is 7.02. The number of nitrogens with zero attached hydrogens (tertiary/aromatic N) is 2. The molecule has 102 valence electrons. The van der Waals surface area contributed by atoms with Crippen molar-refractivity contribution in [2.75, 3.05) is 23.0 Å². The van der Waals surface area contributed by atoms with Crippen LogP contribution in [0.25, 0.3) is 0 Å². The van der Waals surface area contributed by atoms with Gasteiger partial charge < -0.3 is 10.0 Å². The predicted octanol–water partition coefficient (Wildman–Crippen LogP) is 2.23. The molecule has 7 heteroatoms. The highest BCUT2D eigenvalue weighted by Gasteiger charge is 2.25. The molecule has 0 saturated carbocycles. The number of carbonyl (C=O) groups is 1. The third-order valence-electron chi connectivity index (χ3n) is 3.10. The van der Waals surface area contributed by atoms with Crippen LogP contribution in [0, 0.1) is 10.1 Å². The fourth-order valence-corrected chi connectivity index (χ4v) is 3.16. The van der Waals surface area contributed by atoms with Crippen LogP contribution in [0.3, 0.4) is 0 Å². The molecule has 0 radical (unpaired) electrons. The largest absolute Gasteiger partial charge is 0.478 e. The molecule has 1 aliphatic heterocycles. The molecule has 1 aliphatic rings. The summed E-state index contributed by atoms with van der Waals surface area (Å²) in [6, 6.07) is 4.24. The Bertz CT molecular complexity index is 520. The van der Waals surface area contributed by atoms with Crippen molar-refractivity contribution in [2.24, 2.45) is 0 Å². The zero-order valence-electron chi connectivity index (χ0n) is 10.4. The number of nitro groups is 1. The van der Waals surface area contributed by atoms with Crippen LogP contribution >= 0.6 is 11.8 Å². The van der Waals surface area contributed by atoms with Crippen molar-refractivity contribution >= 4 is 29.1 Å². The summed E-state index contributed by atoms with van der Waals surface area (Å²) in [6.07, 6.45) is 0. The second-order valence-corrected chi connectivity index (χ2v) is 5.53. The first kappa shape index (κ1) is 13.7. The number of nitro benzene ring substituents is 1. The van der Waals surface area contributed by atoms with E-state index in [1.54, 1.807) is 0 Å². The van der Waals surface area contributed by atoms with Crippen LogP contribution < -0.4 is 4.90 Å². The molecule has 1 saturated heterocycles. The minimum absolute atomic E-state index is 0.00653. The molecule has 6 nitrogen and oxygen atoms in total. The van der Waals surface area contributed by atoms with Crippen molar-refractivity contribution in [3.05, 3.63) is 33.9 Å². The highest BCUT2D eigenvalue weighted by molar-refractivity contribution is 7.99. The molecule has 1 unspecified atom stereocenters. The summed E-state index contributed by atoms with van der Waals surface area (Å²) in [5, 5.41) is 20.0. The molecule has 19 heavy (non-hydrogen) atoms. The number of carboxylic acids is 1. The van der Waals surface area contributed by atoms with Crippen molar-refractivity contribution in [3.63, 3.8) is 0 Å². The first-order chi connectivity index (χ1) is 9.00. The van der Waals surface area contributed by atoms with Gasteiger partial charge in [0.15, 0.2) is 0 Å². The van der Waals surface area contributed by atoms with Gasteiger partial charge in [0.2, 0.25) is 0 Å². The highest BCUT2D eigenvalue weighted by atomic mass is 32.2. The standard InChI is InChI=1S/C12H14N2O4S/c1-8-7-19-5-4-13(8)11-3-2-9(14(17)18)6-10(11)12(15)16/h2-3,6,8H,4-5,7H2,1H3,(H,15,16). The lowest BCUT2D eigenvalue weighted by Gasteiger charge is -2.35. The number of non-ortho nitro benzene ring substituents is 1. The van der Waals surface area contributed by atoms with Gasteiger partial charge in [0.05, 0.1) is 16.2 Å². The van der Waals surface area contributed by atoms with Gasteiger partial charge in [-0.2, -0.15) is 11.8 Å². The molecular weight excluding hydrogens is 268 g/mol. The van der Waals surface area contributed by atoms with Gasteiger partial charge in [-0.3, -0.25) is 10.1 Å². The minimum atomic E-state index is -1.14. The molecule has 1 heterocycles. The van der Waals surface area contributed by atoms with Crippen LogP contribution in [-0.4, -0.2) is 40.1 Å². The van der Waals surface area contributed by atoms with E-state index < -0.39 is 10.9 Å². The molecule has 0 amide bonds. The summed E-state index contributed by atoms with van der Waals surface area (Å²) < 4.78 is 0. The maximum atomic E-state index is 11.3. The Morgan fingerprint density at radius 1 is 1.58 bits per heavy atom. The van der Waals surface area contributed by atoms with E-state index in [1.807, 2.05) is 23.6 Å². The molecule has 2 rings (SSSR count). The second kappa shape index (κ2) is 5.48. The van der Waals surface area contributed by atoms with Crippen molar-refractivity contribution in [3.8, 4) is 0 Å². The lowest BCUT2D eigenvalue weighted by molar-refractivity contribution is -0.384. The van der Waals surface area contributed by atoms with Gasteiger partial charge in [0, 0.05) is 36.2 Å². The van der Waals surface area contributed by atoms with Crippen LogP contribution in [0.5, 0.6) is 0 Å². The topological polar surface area (TPSA) is 83.7 Å². The van der Waals surface area contributed by atoms with Crippen molar-refractivity contribution in [1.82, 2.24) is 0 Å². The summed E-state index contributed by atoms with van der Waals surface area (Å²) in [6.45, 7) is 2.78. The van der Waals surface area contributed by atoms with Crippen LogP contribution in [0.15, 0.2) is 18.2 Å². The lowest BCUT2D eigenvalue weighted by atomic mass is 10.1. The van der Waals surface area contributed by atoms with E-state index in [9.17, 15) is 20.0 Å². The SMILES string of the molecule is CC1CSCCN1c1ccc([N+](=O)[O-])cc1C(=O)O. The Hall–Kier alpha value is -1.76. The molecule has 0 bridgehead atoms. The summed E-state index contributed by atoms with van der Waals surface area (Å²) in [5.74, 6) is 0.723. The van der Waals surface area contributed by atoms with E-state index in [2.05, 4.69) is 0 Å². The zero-order valence-corrected chi connectivity index (χ0v) is 11.2. The third-order valence-corrected chi connectivity index (χ3v) is 4.29. The van der Waals surface area contributed by atoms with Crippen molar-refractivity contribution in [1.29, 1.82) is 0 Å². The number of aromatic carboxylic acids is 1. The molecule has 1 fully saturated rings. The Kier molecular flexibility index (Phi) is 3.94. The quantitative estimate of drug-likeness (QED) is 0.676. The molecule has 0 aliphatic carbocycles. The van der Waals surface area contributed by atoms with Crippen LogP contribution in [-0.2, 0) is 0 Å². The molecular formula is C12H14N2O4S. The van der Waals surface area contributed by atoms with E-state index in [4.69, 9.17) is 0 Å². The Morgan fingerprint density at radius 3 is 2.89 bits per heavy atom. The van der Waals surface area contributed by atoms with Gasteiger partial charge in [0.25, 0.3) is 5.69 Å². The van der Waals surface area contributed by atoms with Crippen molar-refractivity contribution < 1.29 is 14.8 Å². The summed E-state index contributed by atoms with van der Waals surface area (Å²) in [4.78, 5) is 23.4. The van der Waals surface area contributed by atoms with Gasteiger partial charge in [-0.1, -0.05) is 0 Å². The fourth-order valence-electron chi connectivity index (χ4n) is 2.14. The first-order valence-electron chi connectivity index (χ1n) is 5.87. The monoisotopic (exact) mass is 282 g/mol. The molecule has 1 aromatic carbocycles. The van der Waals surface area contributed by atoms with Crippen LogP contribution in [0.1, 0.15) is 17.3 Å². The summed E-state index contributed by atoms with van der Waals surface area (Å²) >= 11 is 1.83. The number of rotatable bonds is 3.